The Kier molecular flexibility index (Phi) is 7.77. The number of nitrogens with zero attached hydrogens (tertiary/aromatic N) is 2. The van der Waals surface area contributed by atoms with Crippen LogP contribution in [0.3, 0.4) is 0 Å². The van der Waals surface area contributed by atoms with E-state index in [1.807, 2.05) is 0 Å². The number of hydrogen-bond donors (Lipinski definition) is 0. The molecule has 5 aromatic rings. The van der Waals surface area contributed by atoms with Crippen LogP contribution >= 0.6 is 0 Å². The first-order valence-corrected chi connectivity index (χ1v) is 16.7. The normalized spacial score (nSPS) is 18.1. The van der Waals surface area contributed by atoms with Gasteiger partial charge in [-0.25, -0.2) is 0 Å². The van der Waals surface area contributed by atoms with E-state index < -0.39 is 0 Å². The minimum Gasteiger partial charge on any atom is -0.314 e. The summed E-state index contributed by atoms with van der Waals surface area (Å²) < 4.78 is 0. The van der Waals surface area contributed by atoms with Gasteiger partial charge >= 0.3 is 0 Å². The second-order valence-electron chi connectivity index (χ2n) is 12.5. The van der Waals surface area contributed by atoms with Gasteiger partial charge in [-0.15, -0.1) is 0 Å². The summed E-state index contributed by atoms with van der Waals surface area (Å²) in [7, 11) is 0. The molecule has 0 heterocycles. The predicted octanol–water partition coefficient (Wildman–Crippen LogP) is 12.1. The maximum Gasteiger partial charge on any atom is 0.0540 e. The molecular weight excluding hydrogens is 569 g/mol. The van der Waals surface area contributed by atoms with Crippen LogP contribution in [0.5, 0.6) is 0 Å². The smallest absolute Gasteiger partial charge is 0.0540 e. The first-order chi connectivity index (χ1) is 23.2. The van der Waals surface area contributed by atoms with Gasteiger partial charge < -0.3 is 9.80 Å². The van der Waals surface area contributed by atoms with E-state index in [1.165, 1.54) is 55.9 Å². The van der Waals surface area contributed by atoms with Gasteiger partial charge in [0, 0.05) is 45.7 Å². The Bertz CT molecular complexity index is 2100. The molecule has 2 heteroatoms. The number of aryl methyl sites for hydroxylation is 1. The van der Waals surface area contributed by atoms with E-state index in [1.54, 1.807) is 0 Å². The fraction of sp³-hybridized carbons (Fsp3) is 0.111. The number of fused-ring (bicyclic) bond motifs is 2. The Hall–Kier alpha value is -5.60. The van der Waals surface area contributed by atoms with Crippen LogP contribution in [0.2, 0.25) is 0 Å². The minimum absolute atomic E-state index is 0.325. The van der Waals surface area contributed by atoms with Crippen LogP contribution in [0.25, 0.3) is 21.9 Å². The standard InChI is InChI=1S/C45H38N2/c1-33-13-5-10-22-43(33)47(45-24-12-17-37-15-7-9-21-42(37)45)40-31-27-35(28-32-40)34-25-29-39(30-26-34)46(38-18-3-2-4-19-38)44-23-11-16-36-14-6-8-20-41(36)44/h3,5-32,36,41H,2,4H2,1H3. The molecule has 228 valence electrons. The molecule has 0 spiro atoms. The Labute approximate surface area is 278 Å². The van der Waals surface area contributed by atoms with Crippen LogP contribution < -0.4 is 9.80 Å². The summed E-state index contributed by atoms with van der Waals surface area (Å²) in [5.41, 5.74) is 10.9. The Morgan fingerprint density at radius 3 is 2.00 bits per heavy atom. The van der Waals surface area contributed by atoms with E-state index >= 15 is 0 Å². The van der Waals surface area contributed by atoms with Crippen LogP contribution in [-0.4, -0.2) is 0 Å². The SMILES string of the molecule is Cc1ccccc1N(c1ccc(-c2ccc(N(C3=CCCC=C3)C3=CC=CC4C=CC=CC34)cc2)cc1)c1cccc2ccccc12. The predicted molar refractivity (Wildman–Crippen MR) is 200 cm³/mol. The van der Waals surface area contributed by atoms with Crippen molar-refractivity contribution in [1.29, 1.82) is 0 Å². The van der Waals surface area contributed by atoms with Crippen molar-refractivity contribution < 1.29 is 0 Å². The molecule has 0 amide bonds. The summed E-state index contributed by atoms with van der Waals surface area (Å²) in [6.07, 6.45) is 24.9. The maximum absolute atomic E-state index is 2.46. The van der Waals surface area contributed by atoms with E-state index in [9.17, 15) is 0 Å². The minimum atomic E-state index is 0.325. The molecule has 0 aromatic heterocycles. The molecule has 47 heavy (non-hydrogen) atoms. The highest BCUT2D eigenvalue weighted by molar-refractivity contribution is 5.99. The zero-order valence-electron chi connectivity index (χ0n) is 26.7. The largest absolute Gasteiger partial charge is 0.314 e. The highest BCUT2D eigenvalue weighted by Crippen LogP contribution is 2.42. The van der Waals surface area contributed by atoms with Crippen molar-refractivity contribution in [3.63, 3.8) is 0 Å². The third-order valence-electron chi connectivity index (χ3n) is 9.56. The maximum atomic E-state index is 2.46. The van der Waals surface area contributed by atoms with Crippen LogP contribution in [-0.2, 0) is 0 Å². The quantitative estimate of drug-likeness (QED) is 0.182. The number of hydrogen-bond acceptors (Lipinski definition) is 2. The van der Waals surface area contributed by atoms with Crippen LogP contribution in [0.15, 0.2) is 187 Å². The zero-order chi connectivity index (χ0) is 31.6. The molecule has 3 aliphatic carbocycles. The first-order valence-electron chi connectivity index (χ1n) is 16.7. The van der Waals surface area contributed by atoms with Crippen LogP contribution in [0, 0.1) is 18.8 Å². The first kappa shape index (κ1) is 28.8. The van der Waals surface area contributed by atoms with Gasteiger partial charge in [0.1, 0.15) is 0 Å². The Morgan fingerprint density at radius 2 is 1.23 bits per heavy atom. The van der Waals surface area contributed by atoms with Crippen molar-refractivity contribution in [1.82, 2.24) is 0 Å². The summed E-state index contributed by atoms with van der Waals surface area (Å²) in [6, 6.07) is 41.9. The molecule has 0 saturated carbocycles. The third kappa shape index (κ3) is 5.57. The number of benzene rings is 5. The van der Waals surface area contributed by atoms with Gasteiger partial charge in [0.25, 0.3) is 0 Å². The highest BCUT2D eigenvalue weighted by Gasteiger charge is 2.29. The van der Waals surface area contributed by atoms with E-state index in [-0.39, 0.29) is 0 Å². The van der Waals surface area contributed by atoms with Crippen LogP contribution in [0.4, 0.5) is 22.7 Å². The lowest BCUT2D eigenvalue weighted by Crippen LogP contribution is -2.30. The molecule has 0 radical (unpaired) electrons. The van der Waals surface area contributed by atoms with Crippen molar-refractivity contribution in [2.75, 3.05) is 9.80 Å². The van der Waals surface area contributed by atoms with E-state index in [4.69, 9.17) is 0 Å². The number of rotatable bonds is 7. The van der Waals surface area contributed by atoms with Crippen molar-refractivity contribution in [3.05, 3.63) is 193 Å². The highest BCUT2D eigenvalue weighted by atomic mass is 15.2. The van der Waals surface area contributed by atoms with Gasteiger partial charge in [0.2, 0.25) is 0 Å². The molecule has 3 aliphatic rings. The average molecular weight is 607 g/mol. The van der Waals surface area contributed by atoms with E-state index in [2.05, 4.69) is 193 Å². The van der Waals surface area contributed by atoms with E-state index in [0.29, 0.717) is 11.8 Å². The van der Waals surface area contributed by atoms with Gasteiger partial charge in [0.15, 0.2) is 0 Å². The van der Waals surface area contributed by atoms with Crippen molar-refractivity contribution in [3.8, 4) is 11.1 Å². The van der Waals surface area contributed by atoms with Gasteiger partial charge in [0.05, 0.1) is 5.69 Å². The molecule has 0 fully saturated rings. The molecule has 0 bridgehead atoms. The lowest BCUT2D eigenvalue weighted by molar-refractivity contribution is 0.608. The molecule has 0 N–H and O–H groups in total. The summed E-state index contributed by atoms with van der Waals surface area (Å²) in [6.45, 7) is 2.19. The average Bonchev–Trinajstić information content (AvgIpc) is 3.14. The summed E-state index contributed by atoms with van der Waals surface area (Å²) in [5, 5.41) is 2.47. The van der Waals surface area contributed by atoms with Gasteiger partial charge in [-0.2, -0.15) is 0 Å². The third-order valence-corrected chi connectivity index (χ3v) is 9.56. The zero-order valence-corrected chi connectivity index (χ0v) is 26.7. The number of anilines is 4. The second-order valence-corrected chi connectivity index (χ2v) is 12.5. The molecule has 0 saturated heterocycles. The molecule has 0 aliphatic heterocycles. The van der Waals surface area contributed by atoms with E-state index in [0.717, 1.165) is 18.5 Å². The topological polar surface area (TPSA) is 6.48 Å². The summed E-state index contributed by atoms with van der Waals surface area (Å²) in [4.78, 5) is 4.85. The fourth-order valence-corrected chi connectivity index (χ4v) is 7.17. The molecule has 8 rings (SSSR count). The Balaban J connectivity index is 1.14. The van der Waals surface area contributed by atoms with Crippen molar-refractivity contribution in [2.45, 2.75) is 19.8 Å². The van der Waals surface area contributed by atoms with Crippen molar-refractivity contribution in [2.24, 2.45) is 11.8 Å². The molecule has 2 nitrogen and oxygen atoms in total. The molecule has 5 aromatic carbocycles. The lowest BCUT2D eigenvalue weighted by atomic mass is 9.81. The molecule has 2 atom stereocenters. The van der Waals surface area contributed by atoms with Crippen molar-refractivity contribution >= 4 is 33.5 Å². The van der Waals surface area contributed by atoms with Gasteiger partial charge in [-0.1, -0.05) is 127 Å². The monoisotopic (exact) mass is 606 g/mol. The van der Waals surface area contributed by atoms with Gasteiger partial charge in [-0.3, -0.25) is 0 Å². The van der Waals surface area contributed by atoms with Gasteiger partial charge in [-0.05, 0) is 90.4 Å². The Morgan fingerprint density at radius 1 is 0.574 bits per heavy atom. The lowest BCUT2D eigenvalue weighted by Gasteiger charge is -2.37. The fourth-order valence-electron chi connectivity index (χ4n) is 7.17. The number of para-hydroxylation sites is 1. The second kappa shape index (κ2) is 12.7. The van der Waals surface area contributed by atoms with Crippen LogP contribution in [0.1, 0.15) is 18.4 Å². The summed E-state index contributed by atoms with van der Waals surface area (Å²) >= 11 is 0. The number of allylic oxidation sites excluding steroid dienone is 10. The molecular formula is C45H38N2. The summed E-state index contributed by atoms with van der Waals surface area (Å²) in [5.74, 6) is 0.716. The molecule has 2 unspecified atom stereocenters.